The van der Waals surface area contributed by atoms with Gasteiger partial charge in [0, 0.05) is 5.56 Å². The molecule has 2 rings (SSSR count). The molecule has 0 radical (unpaired) electrons. The van der Waals surface area contributed by atoms with Gasteiger partial charge in [-0.05, 0) is 18.2 Å². The third kappa shape index (κ3) is 4.65. The lowest BCUT2D eigenvalue weighted by Crippen LogP contribution is -2.19. The van der Waals surface area contributed by atoms with Crippen LogP contribution >= 0.6 is 11.8 Å². The summed E-state index contributed by atoms with van der Waals surface area (Å²) >= 11 is 1.18. The number of thioether (sulfide) groups is 1. The highest BCUT2D eigenvalue weighted by Gasteiger charge is 2.31. The predicted molar refractivity (Wildman–Crippen MR) is 75.3 cm³/mol. The number of nitrogens with zero attached hydrogens (tertiary/aromatic N) is 2. The lowest BCUT2D eigenvalue weighted by Gasteiger charge is -2.10. The first-order chi connectivity index (χ1) is 10.4. The molecule has 1 amide bonds. The molecule has 0 unspecified atom stereocenters. The maximum Gasteiger partial charge on any atom is 0.573 e. The van der Waals surface area contributed by atoms with Crippen LogP contribution in [0.15, 0.2) is 28.4 Å². The first-order valence-electron chi connectivity index (χ1n) is 5.85. The largest absolute Gasteiger partial charge is 0.573 e. The van der Waals surface area contributed by atoms with Crippen molar-refractivity contribution in [3.8, 4) is 11.5 Å². The fourth-order valence-corrected chi connectivity index (χ4v) is 2.16. The van der Waals surface area contributed by atoms with Crippen LogP contribution < -0.4 is 14.8 Å². The molecule has 1 aromatic rings. The van der Waals surface area contributed by atoms with E-state index in [-0.39, 0.29) is 17.2 Å². The number of methoxy groups -OCH3 is 1. The van der Waals surface area contributed by atoms with E-state index in [2.05, 4.69) is 20.3 Å². The van der Waals surface area contributed by atoms with E-state index in [9.17, 15) is 18.0 Å². The zero-order valence-corrected chi connectivity index (χ0v) is 12.0. The summed E-state index contributed by atoms with van der Waals surface area (Å²) in [6.07, 6.45) is -3.58. The summed E-state index contributed by atoms with van der Waals surface area (Å²) < 4.78 is 45.4. The van der Waals surface area contributed by atoms with Crippen LogP contribution in [0.5, 0.6) is 11.5 Å². The van der Waals surface area contributed by atoms with Crippen molar-refractivity contribution in [2.24, 2.45) is 10.2 Å². The summed E-state index contributed by atoms with van der Waals surface area (Å²) in [7, 11) is 1.37. The molecule has 10 heteroatoms. The maximum absolute atomic E-state index is 12.2. The average Bonchev–Trinajstić information content (AvgIpc) is 2.83. The highest BCUT2D eigenvalue weighted by molar-refractivity contribution is 8.15. The number of alkyl halides is 3. The summed E-state index contributed by atoms with van der Waals surface area (Å²) in [6.45, 7) is 0. The number of hydrogen-bond acceptors (Lipinski definition) is 6. The number of ether oxygens (including phenoxy) is 2. The topological polar surface area (TPSA) is 72.3 Å². The Balaban J connectivity index is 2.17. The molecule has 0 bridgehead atoms. The zero-order valence-electron chi connectivity index (χ0n) is 11.2. The van der Waals surface area contributed by atoms with Gasteiger partial charge in [0.25, 0.3) is 0 Å². The fourth-order valence-electron chi connectivity index (χ4n) is 1.53. The van der Waals surface area contributed by atoms with Crippen LogP contribution in [0.2, 0.25) is 0 Å². The van der Waals surface area contributed by atoms with Crippen LogP contribution in [-0.2, 0) is 4.79 Å². The molecule has 1 N–H and O–H groups in total. The van der Waals surface area contributed by atoms with Gasteiger partial charge in [-0.3, -0.25) is 4.79 Å². The first kappa shape index (κ1) is 16.1. The van der Waals surface area contributed by atoms with Crippen LogP contribution in [0.3, 0.4) is 0 Å². The Bertz CT molecular complexity index is 632. The van der Waals surface area contributed by atoms with Gasteiger partial charge in [-0.2, -0.15) is 5.10 Å². The van der Waals surface area contributed by atoms with Crippen LogP contribution in [0.25, 0.3) is 0 Å². The highest BCUT2D eigenvalue weighted by Crippen LogP contribution is 2.27. The van der Waals surface area contributed by atoms with Crippen molar-refractivity contribution in [3.63, 3.8) is 0 Å². The zero-order chi connectivity index (χ0) is 16.2. The maximum atomic E-state index is 12.2. The molecule has 1 fully saturated rings. The van der Waals surface area contributed by atoms with Gasteiger partial charge in [-0.1, -0.05) is 11.8 Å². The van der Waals surface area contributed by atoms with E-state index in [1.54, 1.807) is 0 Å². The van der Waals surface area contributed by atoms with E-state index in [1.165, 1.54) is 31.2 Å². The molecule has 22 heavy (non-hydrogen) atoms. The number of hydrogen-bond donors (Lipinski definition) is 1. The van der Waals surface area contributed by atoms with E-state index in [0.29, 0.717) is 10.9 Å². The number of amides is 1. The molecule has 1 aliphatic heterocycles. The molecule has 0 spiro atoms. The minimum absolute atomic E-state index is 0.183. The number of carbonyl (C=O) groups is 1. The highest BCUT2D eigenvalue weighted by atomic mass is 32.2. The SMILES string of the molecule is COc1ccc(OC(F)(F)F)cc1C=NN=C1NC(=O)CS1. The number of benzene rings is 1. The molecule has 118 valence electrons. The van der Waals surface area contributed by atoms with Crippen molar-refractivity contribution in [1.82, 2.24) is 5.32 Å². The molecule has 1 aromatic carbocycles. The second-order valence-electron chi connectivity index (χ2n) is 3.94. The van der Waals surface area contributed by atoms with Gasteiger partial charge in [0.2, 0.25) is 5.91 Å². The van der Waals surface area contributed by atoms with E-state index in [0.717, 1.165) is 12.1 Å². The summed E-state index contributed by atoms with van der Waals surface area (Å²) in [5.41, 5.74) is 0.253. The van der Waals surface area contributed by atoms with Crippen molar-refractivity contribution >= 4 is 29.1 Å². The second-order valence-corrected chi connectivity index (χ2v) is 4.90. The Hall–Kier alpha value is -2.23. The van der Waals surface area contributed by atoms with E-state index in [4.69, 9.17) is 4.74 Å². The van der Waals surface area contributed by atoms with Crippen LogP contribution in [0, 0.1) is 0 Å². The van der Waals surface area contributed by atoms with Crippen molar-refractivity contribution in [2.45, 2.75) is 6.36 Å². The van der Waals surface area contributed by atoms with Crippen LogP contribution in [0.4, 0.5) is 13.2 Å². The van der Waals surface area contributed by atoms with Gasteiger partial charge in [0.15, 0.2) is 5.17 Å². The molecule has 0 atom stereocenters. The first-order valence-corrected chi connectivity index (χ1v) is 6.83. The van der Waals surface area contributed by atoms with Crippen molar-refractivity contribution in [2.75, 3.05) is 12.9 Å². The number of nitrogens with one attached hydrogen (secondary N) is 1. The van der Waals surface area contributed by atoms with Gasteiger partial charge in [0.05, 0.1) is 19.1 Å². The van der Waals surface area contributed by atoms with Crippen molar-refractivity contribution in [1.29, 1.82) is 0 Å². The molecule has 0 aliphatic carbocycles. The standard InChI is InChI=1S/C12H10F3N3O3S/c1-20-9-3-2-8(21-12(13,14)15)4-7(9)5-16-18-11-17-10(19)6-22-11/h2-5H,6H2,1H3,(H,17,18,19). The molecule has 1 heterocycles. The Kier molecular flexibility index (Phi) is 4.91. The number of carbonyl (C=O) groups excluding carboxylic acids is 1. The van der Waals surface area contributed by atoms with E-state index >= 15 is 0 Å². The lowest BCUT2D eigenvalue weighted by atomic mass is 10.2. The third-order valence-corrected chi connectivity index (χ3v) is 3.23. The molecular formula is C12H10F3N3O3S. The Morgan fingerprint density at radius 3 is 2.77 bits per heavy atom. The Labute approximate surface area is 127 Å². The summed E-state index contributed by atoms with van der Waals surface area (Å²) in [4.78, 5) is 11.0. The predicted octanol–water partition coefficient (Wildman–Crippen LogP) is 2.15. The summed E-state index contributed by atoms with van der Waals surface area (Å²) in [5.74, 6) is -0.0170. The van der Waals surface area contributed by atoms with Gasteiger partial charge in [-0.15, -0.1) is 18.3 Å². The molecule has 1 saturated heterocycles. The molecule has 6 nitrogen and oxygen atoms in total. The number of halogens is 3. The molecule has 0 aromatic heterocycles. The van der Waals surface area contributed by atoms with Crippen molar-refractivity contribution < 1.29 is 27.4 Å². The monoisotopic (exact) mass is 333 g/mol. The second kappa shape index (κ2) is 6.69. The molecular weight excluding hydrogens is 323 g/mol. The minimum atomic E-state index is -4.78. The molecule has 1 aliphatic rings. The quantitative estimate of drug-likeness (QED) is 0.677. The average molecular weight is 333 g/mol. The normalized spacial score (nSPS) is 17.1. The van der Waals surface area contributed by atoms with Crippen molar-refractivity contribution in [3.05, 3.63) is 23.8 Å². The fraction of sp³-hybridized carbons (Fsp3) is 0.250. The summed E-state index contributed by atoms with van der Waals surface area (Å²) in [6, 6.07) is 3.57. The van der Waals surface area contributed by atoms with Crippen LogP contribution in [-0.4, -0.2) is 36.5 Å². The van der Waals surface area contributed by atoms with Gasteiger partial charge in [-0.25, -0.2) is 0 Å². The third-order valence-electron chi connectivity index (χ3n) is 2.37. The summed E-state index contributed by atoms with van der Waals surface area (Å²) in [5, 5.41) is 10.3. The smallest absolute Gasteiger partial charge is 0.496 e. The minimum Gasteiger partial charge on any atom is -0.496 e. The molecule has 0 saturated carbocycles. The van der Waals surface area contributed by atoms with Gasteiger partial charge < -0.3 is 14.8 Å². The van der Waals surface area contributed by atoms with E-state index < -0.39 is 12.1 Å². The van der Waals surface area contributed by atoms with Gasteiger partial charge >= 0.3 is 6.36 Å². The number of amidine groups is 1. The number of rotatable bonds is 4. The Morgan fingerprint density at radius 2 is 2.18 bits per heavy atom. The van der Waals surface area contributed by atoms with E-state index in [1.807, 2.05) is 0 Å². The lowest BCUT2D eigenvalue weighted by molar-refractivity contribution is -0.274. The van der Waals surface area contributed by atoms with Crippen LogP contribution in [0.1, 0.15) is 5.56 Å². The van der Waals surface area contributed by atoms with Gasteiger partial charge in [0.1, 0.15) is 11.5 Å². The Morgan fingerprint density at radius 1 is 1.41 bits per heavy atom.